The Morgan fingerprint density at radius 3 is 2.57 bits per heavy atom. The lowest BCUT2D eigenvalue weighted by Gasteiger charge is -2.31. The van der Waals surface area contributed by atoms with Crippen molar-refractivity contribution in [3.63, 3.8) is 0 Å². The standard InChI is InChI=1S/C16H22BrNO3/c1-16(2,3)18-8-12(13(9-18)15(19)20)11-7-10(21-4)5-6-14(11)17/h5-7,12-13H,8-9H2,1-4H3,(H,19,20)/t12-,13+/m1/s1. The maximum atomic E-state index is 11.7. The molecule has 0 radical (unpaired) electrons. The molecule has 1 heterocycles. The van der Waals surface area contributed by atoms with Gasteiger partial charge in [0.1, 0.15) is 5.75 Å². The van der Waals surface area contributed by atoms with Gasteiger partial charge in [0, 0.05) is 29.0 Å². The van der Waals surface area contributed by atoms with Gasteiger partial charge in [-0.2, -0.15) is 0 Å². The number of ether oxygens (including phenoxy) is 1. The zero-order valence-corrected chi connectivity index (χ0v) is 14.5. The summed E-state index contributed by atoms with van der Waals surface area (Å²) >= 11 is 3.55. The second-order valence-corrected chi connectivity index (χ2v) is 7.37. The maximum Gasteiger partial charge on any atom is 0.308 e. The summed E-state index contributed by atoms with van der Waals surface area (Å²) in [5.74, 6) is -0.410. The van der Waals surface area contributed by atoms with E-state index in [0.29, 0.717) is 6.54 Å². The lowest BCUT2D eigenvalue weighted by molar-refractivity contribution is -0.141. The van der Waals surface area contributed by atoms with Crippen molar-refractivity contribution < 1.29 is 14.6 Å². The SMILES string of the molecule is COc1ccc(Br)c([C@H]2CN(C(C)(C)C)C[C@@H]2C(=O)O)c1. The molecule has 5 heteroatoms. The van der Waals surface area contributed by atoms with Crippen molar-refractivity contribution >= 4 is 21.9 Å². The molecule has 0 saturated carbocycles. The average Bonchev–Trinajstić information content (AvgIpc) is 2.84. The van der Waals surface area contributed by atoms with E-state index in [1.54, 1.807) is 7.11 Å². The van der Waals surface area contributed by atoms with Gasteiger partial charge >= 0.3 is 5.97 Å². The van der Waals surface area contributed by atoms with Crippen LogP contribution in [0, 0.1) is 5.92 Å². The van der Waals surface area contributed by atoms with Crippen LogP contribution in [0.3, 0.4) is 0 Å². The van der Waals surface area contributed by atoms with Crippen molar-refractivity contribution in [2.24, 2.45) is 5.92 Å². The van der Waals surface area contributed by atoms with Crippen molar-refractivity contribution in [2.45, 2.75) is 32.2 Å². The number of methoxy groups -OCH3 is 1. The Kier molecular flexibility index (Phi) is 4.63. The maximum absolute atomic E-state index is 11.7. The van der Waals surface area contributed by atoms with Gasteiger partial charge in [-0.15, -0.1) is 0 Å². The molecule has 0 aliphatic carbocycles. The Morgan fingerprint density at radius 2 is 2.05 bits per heavy atom. The molecule has 2 atom stereocenters. The van der Waals surface area contributed by atoms with Crippen LogP contribution < -0.4 is 4.74 Å². The molecule has 1 fully saturated rings. The van der Waals surface area contributed by atoms with E-state index < -0.39 is 11.9 Å². The zero-order valence-electron chi connectivity index (χ0n) is 12.9. The van der Waals surface area contributed by atoms with Crippen LogP contribution in [-0.4, -0.2) is 41.7 Å². The number of aliphatic carboxylic acids is 1. The highest BCUT2D eigenvalue weighted by molar-refractivity contribution is 9.10. The van der Waals surface area contributed by atoms with Gasteiger partial charge < -0.3 is 9.84 Å². The molecular formula is C16H22BrNO3. The molecule has 1 aliphatic rings. The van der Waals surface area contributed by atoms with Crippen LogP contribution in [-0.2, 0) is 4.79 Å². The van der Waals surface area contributed by atoms with Gasteiger partial charge in [0.15, 0.2) is 0 Å². The fourth-order valence-electron chi connectivity index (χ4n) is 2.85. The van der Waals surface area contributed by atoms with Gasteiger partial charge in [0.25, 0.3) is 0 Å². The number of likely N-dealkylation sites (tertiary alicyclic amines) is 1. The zero-order chi connectivity index (χ0) is 15.8. The predicted octanol–water partition coefficient (Wildman–Crippen LogP) is 3.36. The number of benzene rings is 1. The van der Waals surface area contributed by atoms with Crippen molar-refractivity contribution in [2.75, 3.05) is 20.2 Å². The van der Waals surface area contributed by atoms with Crippen molar-refractivity contribution in [1.82, 2.24) is 4.90 Å². The molecule has 2 rings (SSSR count). The lowest BCUT2D eigenvalue weighted by atomic mass is 9.89. The molecule has 0 spiro atoms. The number of hydrogen-bond donors (Lipinski definition) is 1. The molecule has 4 nitrogen and oxygen atoms in total. The summed E-state index contributed by atoms with van der Waals surface area (Å²) in [7, 11) is 1.62. The number of nitrogens with zero attached hydrogens (tertiary/aromatic N) is 1. The van der Waals surface area contributed by atoms with Crippen LogP contribution in [0.4, 0.5) is 0 Å². The minimum absolute atomic E-state index is 0.0339. The number of carboxylic acid groups (broad SMARTS) is 1. The molecule has 1 N–H and O–H groups in total. The third kappa shape index (κ3) is 3.40. The summed E-state index contributed by atoms with van der Waals surface area (Å²) in [6.45, 7) is 7.68. The number of carboxylic acids is 1. The molecule has 116 valence electrons. The molecule has 21 heavy (non-hydrogen) atoms. The van der Waals surface area contributed by atoms with E-state index in [1.807, 2.05) is 18.2 Å². The van der Waals surface area contributed by atoms with Crippen LogP contribution in [0.5, 0.6) is 5.75 Å². The fraction of sp³-hybridized carbons (Fsp3) is 0.562. The topological polar surface area (TPSA) is 49.8 Å². The Balaban J connectivity index is 2.38. The first-order valence-electron chi connectivity index (χ1n) is 7.05. The predicted molar refractivity (Wildman–Crippen MR) is 85.9 cm³/mol. The van der Waals surface area contributed by atoms with Gasteiger partial charge in [0.2, 0.25) is 0 Å². The highest BCUT2D eigenvalue weighted by Gasteiger charge is 2.42. The van der Waals surface area contributed by atoms with Crippen LogP contribution in [0.15, 0.2) is 22.7 Å². The third-order valence-electron chi connectivity index (χ3n) is 4.19. The van der Waals surface area contributed by atoms with Crippen LogP contribution in [0.1, 0.15) is 32.3 Å². The summed E-state index contributed by atoms with van der Waals surface area (Å²) < 4.78 is 6.22. The summed E-state index contributed by atoms with van der Waals surface area (Å²) in [4.78, 5) is 13.9. The number of halogens is 1. The molecule has 0 unspecified atom stereocenters. The third-order valence-corrected chi connectivity index (χ3v) is 4.91. The van der Waals surface area contributed by atoms with Crippen LogP contribution in [0.25, 0.3) is 0 Å². The quantitative estimate of drug-likeness (QED) is 0.902. The van der Waals surface area contributed by atoms with E-state index in [9.17, 15) is 9.90 Å². The first-order chi connectivity index (χ1) is 9.74. The van der Waals surface area contributed by atoms with E-state index in [2.05, 4.69) is 41.6 Å². The Labute approximate surface area is 134 Å². The Morgan fingerprint density at radius 1 is 1.38 bits per heavy atom. The number of rotatable bonds is 3. The summed E-state index contributed by atoms with van der Waals surface area (Å²) in [6, 6.07) is 5.74. The highest BCUT2D eigenvalue weighted by atomic mass is 79.9. The monoisotopic (exact) mass is 355 g/mol. The van der Waals surface area contributed by atoms with E-state index in [4.69, 9.17) is 4.74 Å². The summed E-state index contributed by atoms with van der Waals surface area (Å²) in [5.41, 5.74) is 0.974. The molecule has 0 bridgehead atoms. The van der Waals surface area contributed by atoms with Gasteiger partial charge in [0.05, 0.1) is 13.0 Å². The minimum Gasteiger partial charge on any atom is -0.497 e. The van der Waals surface area contributed by atoms with Crippen LogP contribution >= 0.6 is 15.9 Å². The van der Waals surface area contributed by atoms with Crippen molar-refractivity contribution in [3.05, 3.63) is 28.2 Å². The minimum atomic E-state index is -0.735. The van der Waals surface area contributed by atoms with E-state index in [0.717, 1.165) is 22.3 Å². The number of carbonyl (C=O) groups is 1. The van der Waals surface area contributed by atoms with Gasteiger partial charge in [-0.1, -0.05) is 15.9 Å². The van der Waals surface area contributed by atoms with Gasteiger partial charge in [-0.05, 0) is 44.5 Å². The first kappa shape index (κ1) is 16.3. The van der Waals surface area contributed by atoms with Crippen LogP contribution in [0.2, 0.25) is 0 Å². The fourth-order valence-corrected chi connectivity index (χ4v) is 3.39. The molecule has 1 aromatic carbocycles. The smallest absolute Gasteiger partial charge is 0.308 e. The van der Waals surface area contributed by atoms with E-state index in [1.165, 1.54) is 0 Å². The highest BCUT2D eigenvalue weighted by Crippen LogP contribution is 2.40. The normalized spacial score (nSPS) is 23.3. The number of hydrogen-bond acceptors (Lipinski definition) is 3. The Hall–Kier alpha value is -1.07. The lowest BCUT2D eigenvalue weighted by Crippen LogP contribution is -2.40. The second kappa shape index (κ2) is 5.97. The summed E-state index contributed by atoms with van der Waals surface area (Å²) in [5, 5.41) is 9.57. The average molecular weight is 356 g/mol. The molecule has 1 aliphatic heterocycles. The van der Waals surface area contributed by atoms with Crippen molar-refractivity contribution in [1.29, 1.82) is 0 Å². The molecular weight excluding hydrogens is 334 g/mol. The van der Waals surface area contributed by atoms with E-state index in [-0.39, 0.29) is 11.5 Å². The second-order valence-electron chi connectivity index (χ2n) is 6.51. The molecule has 1 aromatic rings. The van der Waals surface area contributed by atoms with Crippen molar-refractivity contribution in [3.8, 4) is 5.75 Å². The molecule has 0 aromatic heterocycles. The summed E-state index contributed by atoms with van der Waals surface area (Å²) in [6.07, 6.45) is 0. The van der Waals surface area contributed by atoms with Gasteiger partial charge in [-0.25, -0.2) is 0 Å². The Bertz CT molecular complexity index is 539. The van der Waals surface area contributed by atoms with Gasteiger partial charge in [-0.3, -0.25) is 9.69 Å². The molecule has 0 amide bonds. The van der Waals surface area contributed by atoms with E-state index >= 15 is 0 Å². The first-order valence-corrected chi connectivity index (χ1v) is 7.84. The molecule has 1 saturated heterocycles. The largest absolute Gasteiger partial charge is 0.497 e.